The van der Waals surface area contributed by atoms with E-state index < -0.39 is 47.2 Å². The van der Waals surface area contributed by atoms with Crippen LogP contribution in [-0.4, -0.2) is 27.5 Å². The Balaban J connectivity index is 1.76. The predicted molar refractivity (Wildman–Crippen MR) is 119 cm³/mol. The molecule has 0 atom stereocenters. The highest BCUT2D eigenvalue weighted by molar-refractivity contribution is 7.80. The highest BCUT2D eigenvalue weighted by atomic mass is 32.1. The Labute approximate surface area is 196 Å². The van der Waals surface area contributed by atoms with Gasteiger partial charge >= 0.3 is 5.97 Å². The Bertz CT molecular complexity index is 1230. The van der Waals surface area contributed by atoms with Crippen molar-refractivity contribution in [2.75, 3.05) is 17.2 Å². The zero-order valence-corrected chi connectivity index (χ0v) is 19.0. The molecule has 2 N–H and O–H groups in total. The molecule has 0 unspecified atom stereocenters. The number of anilines is 2. The molecule has 0 saturated heterocycles. The lowest BCUT2D eigenvalue weighted by molar-refractivity contribution is 0.0526. The van der Waals surface area contributed by atoms with Gasteiger partial charge < -0.3 is 15.4 Å². The summed E-state index contributed by atoms with van der Waals surface area (Å²) in [5, 5.41) is 10.1. The molecule has 3 rings (SSSR count). The summed E-state index contributed by atoms with van der Waals surface area (Å²) in [5.41, 5.74) is 1.05. The minimum absolute atomic E-state index is 0.144. The second-order valence-corrected chi connectivity index (χ2v) is 7.54. The molecule has 1 aromatic heterocycles. The van der Waals surface area contributed by atoms with Crippen LogP contribution in [0.3, 0.4) is 0 Å². The lowest BCUT2D eigenvalue weighted by Gasteiger charge is -2.12. The number of carbonyl (C=O) groups is 1. The van der Waals surface area contributed by atoms with Gasteiger partial charge in [0.15, 0.2) is 28.4 Å². The van der Waals surface area contributed by atoms with Crippen LogP contribution in [0.4, 0.5) is 33.3 Å². The van der Waals surface area contributed by atoms with Gasteiger partial charge in [-0.2, -0.15) is 5.10 Å². The first-order valence-corrected chi connectivity index (χ1v) is 10.3. The molecule has 2 aromatic carbocycles. The fraction of sp³-hybridized carbons (Fsp3) is 0.227. The summed E-state index contributed by atoms with van der Waals surface area (Å²) in [6, 6.07) is 6.35. The van der Waals surface area contributed by atoms with E-state index in [0.717, 1.165) is 4.68 Å². The van der Waals surface area contributed by atoms with Gasteiger partial charge in [0.25, 0.3) is 0 Å². The zero-order valence-electron chi connectivity index (χ0n) is 18.2. The Morgan fingerprint density at radius 3 is 2.09 bits per heavy atom. The normalized spacial score (nSPS) is 10.8. The summed E-state index contributed by atoms with van der Waals surface area (Å²) in [5.74, 6) is -10.5. The third kappa shape index (κ3) is 5.01. The zero-order chi connectivity index (χ0) is 25.2. The summed E-state index contributed by atoms with van der Waals surface area (Å²) in [6.45, 7) is 4.40. The van der Waals surface area contributed by atoms with Crippen LogP contribution in [0, 0.1) is 42.9 Å². The summed E-state index contributed by atoms with van der Waals surface area (Å²) in [7, 11) is 0. The smallest absolute Gasteiger partial charge is 0.338 e. The van der Waals surface area contributed by atoms with E-state index in [0.29, 0.717) is 28.3 Å². The summed E-state index contributed by atoms with van der Waals surface area (Å²) in [6.07, 6.45) is 0. The van der Waals surface area contributed by atoms with Crippen LogP contribution in [0.15, 0.2) is 24.3 Å². The van der Waals surface area contributed by atoms with Crippen LogP contribution in [0.5, 0.6) is 0 Å². The minimum Gasteiger partial charge on any atom is -0.462 e. The molecule has 180 valence electrons. The van der Waals surface area contributed by atoms with Crippen LogP contribution >= 0.6 is 12.2 Å². The number of thiocarbonyl (C=S) groups is 1. The minimum atomic E-state index is -2.22. The van der Waals surface area contributed by atoms with Gasteiger partial charge in [0, 0.05) is 5.69 Å². The van der Waals surface area contributed by atoms with E-state index in [4.69, 9.17) is 17.0 Å². The maximum Gasteiger partial charge on any atom is 0.338 e. The predicted octanol–water partition coefficient (Wildman–Crippen LogP) is 5.23. The molecule has 12 heteroatoms. The molecule has 1 heterocycles. The first-order valence-electron chi connectivity index (χ1n) is 9.94. The first-order chi connectivity index (χ1) is 16.0. The van der Waals surface area contributed by atoms with Crippen LogP contribution in [0.25, 0.3) is 0 Å². The first kappa shape index (κ1) is 25.1. The van der Waals surface area contributed by atoms with Crippen molar-refractivity contribution in [1.29, 1.82) is 0 Å². The molecule has 0 aliphatic heterocycles. The molecule has 0 aliphatic carbocycles. The third-order valence-electron chi connectivity index (χ3n) is 4.88. The number of nitrogens with one attached hydrogen (secondary N) is 2. The molecule has 0 bridgehead atoms. The Morgan fingerprint density at radius 2 is 1.53 bits per heavy atom. The van der Waals surface area contributed by atoms with Crippen molar-refractivity contribution in [3.63, 3.8) is 0 Å². The number of halogens is 5. The van der Waals surface area contributed by atoms with Crippen molar-refractivity contribution in [3.8, 4) is 0 Å². The number of carbonyl (C=O) groups excluding carboxylic acids is 1. The van der Waals surface area contributed by atoms with Crippen molar-refractivity contribution in [1.82, 2.24) is 9.78 Å². The Morgan fingerprint density at radius 1 is 0.971 bits per heavy atom. The number of aryl methyl sites for hydroxylation is 1. The second-order valence-electron chi connectivity index (χ2n) is 7.13. The summed E-state index contributed by atoms with van der Waals surface area (Å²) >= 11 is 5.28. The monoisotopic (exact) mass is 498 g/mol. The second kappa shape index (κ2) is 10.2. The Kier molecular flexibility index (Phi) is 7.50. The molecular formula is C22H19F5N4O2S. The molecule has 0 spiro atoms. The average Bonchev–Trinajstić information content (AvgIpc) is 3.07. The SMILES string of the molecule is CCOC(=O)c1ccc(NC(=S)Nc2c(C)nn(Cc3c(F)c(F)c(F)c(F)c3F)c2C)cc1. The highest BCUT2D eigenvalue weighted by Crippen LogP contribution is 2.26. The number of hydrogen-bond acceptors (Lipinski definition) is 4. The van der Waals surface area contributed by atoms with E-state index in [2.05, 4.69) is 15.7 Å². The number of benzene rings is 2. The molecule has 0 saturated carbocycles. The van der Waals surface area contributed by atoms with Gasteiger partial charge in [0.1, 0.15) is 0 Å². The van der Waals surface area contributed by atoms with Crippen LogP contribution in [0.1, 0.15) is 34.2 Å². The lowest BCUT2D eigenvalue weighted by Crippen LogP contribution is -2.20. The standard InChI is InChI=1S/C22H19F5N4O2S/c1-4-33-21(32)12-5-7-13(8-6-12)28-22(34)29-20-10(2)30-31(11(20)3)9-14-15(23)17(25)19(27)18(26)16(14)24/h5-8H,4,9H2,1-3H3,(H2,28,29,34). The van der Waals surface area contributed by atoms with Gasteiger partial charge in [-0.15, -0.1) is 0 Å². The summed E-state index contributed by atoms with van der Waals surface area (Å²) < 4.78 is 74.5. The van der Waals surface area contributed by atoms with Crippen molar-refractivity contribution in [2.24, 2.45) is 0 Å². The number of rotatable bonds is 6. The largest absolute Gasteiger partial charge is 0.462 e. The molecule has 0 radical (unpaired) electrons. The number of ether oxygens (including phenoxy) is 1. The quantitative estimate of drug-likeness (QED) is 0.160. The topological polar surface area (TPSA) is 68.2 Å². The molecular weight excluding hydrogens is 479 g/mol. The average molecular weight is 498 g/mol. The van der Waals surface area contributed by atoms with Crippen molar-refractivity contribution >= 4 is 34.7 Å². The summed E-state index contributed by atoms with van der Waals surface area (Å²) in [4.78, 5) is 11.7. The van der Waals surface area contributed by atoms with Crippen molar-refractivity contribution in [3.05, 3.63) is 75.9 Å². The number of aromatic nitrogens is 2. The maximum absolute atomic E-state index is 14.1. The van der Waals surface area contributed by atoms with Crippen LogP contribution in [0.2, 0.25) is 0 Å². The van der Waals surface area contributed by atoms with Crippen molar-refractivity contribution < 1.29 is 31.5 Å². The van der Waals surface area contributed by atoms with E-state index in [1.807, 2.05) is 0 Å². The van der Waals surface area contributed by atoms with E-state index >= 15 is 0 Å². The molecule has 0 amide bonds. The lowest BCUT2D eigenvalue weighted by atomic mass is 10.1. The third-order valence-corrected chi connectivity index (χ3v) is 5.09. The molecule has 0 fully saturated rings. The van der Waals surface area contributed by atoms with Gasteiger partial charge in [-0.1, -0.05) is 0 Å². The van der Waals surface area contributed by atoms with Crippen molar-refractivity contribution in [2.45, 2.75) is 27.3 Å². The van der Waals surface area contributed by atoms with E-state index in [1.54, 1.807) is 45.0 Å². The molecule has 3 aromatic rings. The Hall–Kier alpha value is -3.54. The fourth-order valence-corrected chi connectivity index (χ4v) is 3.37. The highest BCUT2D eigenvalue weighted by Gasteiger charge is 2.26. The van der Waals surface area contributed by atoms with E-state index in [1.165, 1.54) is 0 Å². The van der Waals surface area contributed by atoms with Crippen LogP contribution < -0.4 is 10.6 Å². The van der Waals surface area contributed by atoms with Gasteiger partial charge in [-0.3, -0.25) is 4.68 Å². The maximum atomic E-state index is 14.1. The fourth-order valence-electron chi connectivity index (χ4n) is 3.15. The van der Waals surface area contributed by atoms with Gasteiger partial charge in [0.05, 0.1) is 41.4 Å². The van der Waals surface area contributed by atoms with Gasteiger partial charge in [-0.25, -0.2) is 26.7 Å². The molecule has 6 nitrogen and oxygen atoms in total. The van der Waals surface area contributed by atoms with Crippen LogP contribution in [-0.2, 0) is 11.3 Å². The van der Waals surface area contributed by atoms with Gasteiger partial charge in [-0.05, 0) is 57.3 Å². The van der Waals surface area contributed by atoms with E-state index in [9.17, 15) is 26.7 Å². The molecule has 0 aliphatic rings. The van der Waals surface area contributed by atoms with E-state index in [-0.39, 0.29) is 11.7 Å². The number of hydrogen-bond donors (Lipinski definition) is 2. The molecule has 34 heavy (non-hydrogen) atoms. The van der Waals surface area contributed by atoms with Gasteiger partial charge in [0.2, 0.25) is 5.82 Å². The number of esters is 1. The number of nitrogens with zero attached hydrogens (tertiary/aromatic N) is 2.